The van der Waals surface area contributed by atoms with Crippen LogP contribution in [-0.2, 0) is 4.79 Å². The minimum atomic E-state index is -0.421. The predicted molar refractivity (Wildman–Crippen MR) is 85.6 cm³/mol. The molecule has 0 saturated carbocycles. The fourth-order valence-corrected chi connectivity index (χ4v) is 3.29. The summed E-state index contributed by atoms with van der Waals surface area (Å²) in [5.41, 5.74) is 7.95. The largest absolute Gasteiger partial charge is 0.366 e. The van der Waals surface area contributed by atoms with Gasteiger partial charge in [-0.2, -0.15) is 0 Å². The number of rotatable bonds is 4. The summed E-state index contributed by atoms with van der Waals surface area (Å²) in [4.78, 5) is 28.2. The Morgan fingerprint density at radius 1 is 1.36 bits per heavy atom. The highest BCUT2D eigenvalue weighted by Crippen LogP contribution is 2.36. The SMILES string of the molecule is CCC(=O)N1CC(C(C)c2ccc(C(N)=O)c3[nH]ccc23)C1. The van der Waals surface area contributed by atoms with E-state index in [0.717, 1.165) is 24.0 Å². The van der Waals surface area contributed by atoms with Gasteiger partial charge >= 0.3 is 0 Å². The summed E-state index contributed by atoms with van der Waals surface area (Å²) in [5.74, 6) is 0.600. The Kier molecular flexibility index (Phi) is 3.64. The number of primary amides is 1. The summed E-state index contributed by atoms with van der Waals surface area (Å²) in [5, 5.41) is 1.05. The first-order valence-electron chi connectivity index (χ1n) is 7.70. The van der Waals surface area contributed by atoms with Crippen molar-refractivity contribution in [1.82, 2.24) is 9.88 Å². The van der Waals surface area contributed by atoms with E-state index in [1.165, 1.54) is 5.56 Å². The molecule has 2 aromatic rings. The summed E-state index contributed by atoms with van der Waals surface area (Å²) in [6.45, 7) is 5.71. The minimum Gasteiger partial charge on any atom is -0.366 e. The van der Waals surface area contributed by atoms with E-state index in [1.807, 2.05) is 30.2 Å². The molecule has 1 aromatic heterocycles. The van der Waals surface area contributed by atoms with E-state index in [9.17, 15) is 9.59 Å². The Bertz CT molecular complexity index is 729. The van der Waals surface area contributed by atoms with Crippen molar-refractivity contribution in [3.05, 3.63) is 35.5 Å². The van der Waals surface area contributed by atoms with Gasteiger partial charge in [-0.05, 0) is 23.6 Å². The molecule has 0 bridgehead atoms. The molecular formula is C17H21N3O2. The van der Waals surface area contributed by atoms with Gasteiger partial charge in [0.2, 0.25) is 5.91 Å². The maximum Gasteiger partial charge on any atom is 0.250 e. The number of likely N-dealkylation sites (tertiary alicyclic amines) is 1. The van der Waals surface area contributed by atoms with E-state index < -0.39 is 5.91 Å². The van der Waals surface area contributed by atoms with Crippen molar-refractivity contribution >= 4 is 22.7 Å². The first-order valence-corrected chi connectivity index (χ1v) is 7.70. The number of amides is 2. The highest BCUT2D eigenvalue weighted by molar-refractivity contribution is 6.05. The summed E-state index contributed by atoms with van der Waals surface area (Å²) in [6, 6.07) is 5.77. The predicted octanol–water partition coefficient (Wildman–Crippen LogP) is 2.24. The van der Waals surface area contributed by atoms with Crippen LogP contribution in [0.4, 0.5) is 0 Å². The number of nitrogens with two attached hydrogens (primary N) is 1. The number of hydrogen-bond donors (Lipinski definition) is 2. The molecule has 1 unspecified atom stereocenters. The maximum atomic E-state index is 11.7. The number of carbonyl (C=O) groups is 2. The number of nitrogens with one attached hydrogen (secondary N) is 1. The van der Waals surface area contributed by atoms with Crippen molar-refractivity contribution in [2.24, 2.45) is 11.7 Å². The number of aromatic nitrogens is 1. The van der Waals surface area contributed by atoms with Gasteiger partial charge in [-0.3, -0.25) is 9.59 Å². The second-order valence-electron chi connectivity index (χ2n) is 6.03. The van der Waals surface area contributed by atoms with Gasteiger partial charge in [-0.15, -0.1) is 0 Å². The van der Waals surface area contributed by atoms with Crippen molar-refractivity contribution < 1.29 is 9.59 Å². The molecule has 5 heteroatoms. The standard InChI is InChI=1S/C17H21N3O2/c1-3-15(21)20-8-11(9-20)10(2)12-4-5-14(17(18)22)16-13(12)6-7-19-16/h4-7,10-11,19H,3,8-9H2,1-2H3,(H2,18,22). The smallest absolute Gasteiger partial charge is 0.250 e. The number of carbonyl (C=O) groups excluding carboxylic acids is 2. The minimum absolute atomic E-state index is 0.222. The van der Waals surface area contributed by atoms with Gasteiger partial charge in [0.05, 0.1) is 11.1 Å². The molecule has 1 atom stereocenters. The number of benzene rings is 1. The Labute approximate surface area is 129 Å². The van der Waals surface area contributed by atoms with Gasteiger partial charge in [-0.25, -0.2) is 0 Å². The number of hydrogen-bond acceptors (Lipinski definition) is 2. The third-order valence-corrected chi connectivity index (χ3v) is 4.78. The van der Waals surface area contributed by atoms with Crippen LogP contribution in [0, 0.1) is 5.92 Å². The summed E-state index contributed by atoms with van der Waals surface area (Å²) in [6.07, 6.45) is 2.40. The van der Waals surface area contributed by atoms with Gasteiger partial charge in [0, 0.05) is 37.0 Å². The van der Waals surface area contributed by atoms with Gasteiger partial charge in [-0.1, -0.05) is 19.9 Å². The fourth-order valence-electron chi connectivity index (χ4n) is 3.29. The monoisotopic (exact) mass is 299 g/mol. The summed E-state index contributed by atoms with van der Waals surface area (Å²) >= 11 is 0. The van der Waals surface area contributed by atoms with E-state index in [-0.39, 0.29) is 5.91 Å². The van der Waals surface area contributed by atoms with Gasteiger partial charge < -0.3 is 15.6 Å². The molecule has 2 amide bonds. The molecular weight excluding hydrogens is 278 g/mol. The Balaban J connectivity index is 1.86. The molecule has 0 spiro atoms. The highest BCUT2D eigenvalue weighted by Gasteiger charge is 2.34. The van der Waals surface area contributed by atoms with Crippen molar-refractivity contribution in [3.63, 3.8) is 0 Å². The molecule has 1 aliphatic heterocycles. The van der Waals surface area contributed by atoms with Crippen LogP contribution in [0.1, 0.15) is 42.1 Å². The molecule has 116 valence electrons. The van der Waals surface area contributed by atoms with Crippen molar-refractivity contribution in [2.45, 2.75) is 26.2 Å². The third kappa shape index (κ3) is 2.26. The lowest BCUT2D eigenvalue weighted by atomic mass is 9.80. The van der Waals surface area contributed by atoms with Crippen LogP contribution in [0.3, 0.4) is 0 Å². The molecule has 1 aromatic carbocycles. The fraction of sp³-hybridized carbons (Fsp3) is 0.412. The second kappa shape index (κ2) is 5.48. The first-order chi connectivity index (χ1) is 10.5. The van der Waals surface area contributed by atoms with Crippen LogP contribution in [0.15, 0.2) is 24.4 Å². The molecule has 2 heterocycles. The summed E-state index contributed by atoms with van der Waals surface area (Å²) < 4.78 is 0. The van der Waals surface area contributed by atoms with Crippen LogP contribution < -0.4 is 5.73 Å². The summed E-state index contributed by atoms with van der Waals surface area (Å²) in [7, 11) is 0. The van der Waals surface area contributed by atoms with E-state index >= 15 is 0 Å². The average molecular weight is 299 g/mol. The van der Waals surface area contributed by atoms with Crippen LogP contribution in [0.5, 0.6) is 0 Å². The molecule has 1 fully saturated rings. The zero-order valence-corrected chi connectivity index (χ0v) is 12.9. The van der Waals surface area contributed by atoms with Gasteiger partial charge in [0.25, 0.3) is 5.91 Å². The Morgan fingerprint density at radius 2 is 2.09 bits per heavy atom. The lowest BCUT2D eigenvalue weighted by molar-refractivity contribution is -0.137. The first kappa shape index (κ1) is 14.6. The number of aromatic amines is 1. The van der Waals surface area contributed by atoms with E-state index in [0.29, 0.717) is 23.8 Å². The second-order valence-corrected chi connectivity index (χ2v) is 6.03. The Morgan fingerprint density at radius 3 is 2.73 bits per heavy atom. The van der Waals surface area contributed by atoms with Gasteiger partial charge in [0.1, 0.15) is 0 Å². The molecule has 1 aliphatic rings. The van der Waals surface area contributed by atoms with Crippen LogP contribution >= 0.6 is 0 Å². The van der Waals surface area contributed by atoms with E-state index in [2.05, 4.69) is 11.9 Å². The Hall–Kier alpha value is -2.30. The third-order valence-electron chi connectivity index (χ3n) is 4.78. The normalized spacial score (nSPS) is 16.5. The lowest BCUT2D eigenvalue weighted by Crippen LogP contribution is -2.51. The number of H-pyrrole nitrogens is 1. The molecule has 22 heavy (non-hydrogen) atoms. The molecule has 3 rings (SSSR count). The average Bonchev–Trinajstić information content (AvgIpc) is 2.93. The van der Waals surface area contributed by atoms with Gasteiger partial charge in [0.15, 0.2) is 0 Å². The van der Waals surface area contributed by atoms with Crippen molar-refractivity contribution in [3.8, 4) is 0 Å². The van der Waals surface area contributed by atoms with Crippen molar-refractivity contribution in [2.75, 3.05) is 13.1 Å². The van der Waals surface area contributed by atoms with E-state index in [4.69, 9.17) is 5.73 Å². The zero-order chi connectivity index (χ0) is 15.9. The number of nitrogens with zero attached hydrogens (tertiary/aromatic N) is 1. The molecule has 1 saturated heterocycles. The number of fused-ring (bicyclic) bond motifs is 1. The maximum absolute atomic E-state index is 11.7. The quantitative estimate of drug-likeness (QED) is 0.908. The highest BCUT2D eigenvalue weighted by atomic mass is 16.2. The van der Waals surface area contributed by atoms with Crippen LogP contribution in [0.2, 0.25) is 0 Å². The van der Waals surface area contributed by atoms with E-state index in [1.54, 1.807) is 6.07 Å². The topological polar surface area (TPSA) is 79.2 Å². The van der Waals surface area contributed by atoms with Crippen LogP contribution in [0.25, 0.3) is 10.9 Å². The van der Waals surface area contributed by atoms with Crippen LogP contribution in [-0.4, -0.2) is 34.8 Å². The molecule has 5 nitrogen and oxygen atoms in total. The molecule has 3 N–H and O–H groups in total. The zero-order valence-electron chi connectivity index (χ0n) is 12.9. The lowest BCUT2D eigenvalue weighted by Gasteiger charge is -2.42. The molecule has 0 aliphatic carbocycles. The van der Waals surface area contributed by atoms with Crippen molar-refractivity contribution in [1.29, 1.82) is 0 Å². The molecule has 0 radical (unpaired) electrons.